The molecule has 22 heavy (non-hydrogen) atoms. The van der Waals surface area contributed by atoms with Gasteiger partial charge in [-0.3, -0.25) is 4.79 Å². The summed E-state index contributed by atoms with van der Waals surface area (Å²) in [5.41, 5.74) is 0.925. The van der Waals surface area contributed by atoms with Gasteiger partial charge >= 0.3 is 0 Å². The van der Waals surface area contributed by atoms with E-state index in [1.54, 1.807) is 20.3 Å². The van der Waals surface area contributed by atoms with Crippen LogP contribution in [0.15, 0.2) is 16.6 Å². The second-order valence-electron chi connectivity index (χ2n) is 6.74. The number of carbonyl (C=O) groups excluding carboxylic acids is 1. The van der Waals surface area contributed by atoms with E-state index in [1.165, 1.54) is 0 Å². The third-order valence-corrected chi connectivity index (χ3v) is 5.39. The molecule has 0 aliphatic heterocycles. The molecule has 0 fully saturated rings. The molecule has 124 valence electrons. The van der Waals surface area contributed by atoms with Gasteiger partial charge in [-0.05, 0) is 60.6 Å². The zero-order valence-corrected chi connectivity index (χ0v) is 16.8. The van der Waals surface area contributed by atoms with E-state index < -0.39 is 0 Å². The Morgan fingerprint density at radius 2 is 1.91 bits per heavy atom. The number of hydrogen-bond acceptors (Lipinski definition) is 3. The minimum absolute atomic E-state index is 0.0933. The van der Waals surface area contributed by atoms with Gasteiger partial charge in [0.2, 0.25) is 0 Å². The summed E-state index contributed by atoms with van der Waals surface area (Å²) in [6.07, 6.45) is 2.01. The minimum Gasteiger partial charge on any atom is -0.496 e. The van der Waals surface area contributed by atoms with Crippen LogP contribution in [0.1, 0.15) is 44.5 Å². The molecule has 0 saturated heterocycles. The highest BCUT2D eigenvalue weighted by Gasteiger charge is 2.22. The molecule has 0 aromatic heterocycles. The first-order chi connectivity index (χ1) is 10.2. The normalized spacial score (nSPS) is 13.4. The molecule has 1 rings (SSSR count). The van der Waals surface area contributed by atoms with Crippen LogP contribution in [0.4, 0.5) is 0 Å². The Hall–Kier alpha value is -0.600. The van der Waals surface area contributed by atoms with Crippen LogP contribution in [0.3, 0.4) is 0 Å². The summed E-state index contributed by atoms with van der Waals surface area (Å²) in [4.78, 5) is 12.7. The van der Waals surface area contributed by atoms with E-state index in [4.69, 9.17) is 9.47 Å². The third kappa shape index (κ3) is 5.55. The van der Waals surface area contributed by atoms with Crippen molar-refractivity contribution in [2.45, 2.75) is 34.1 Å². The van der Waals surface area contributed by atoms with E-state index in [-0.39, 0.29) is 19.5 Å². The van der Waals surface area contributed by atoms with Gasteiger partial charge in [0.1, 0.15) is 17.1 Å². The van der Waals surface area contributed by atoms with E-state index in [1.807, 2.05) is 6.07 Å². The predicted octanol–water partition coefficient (Wildman–Crippen LogP) is 5.36. The lowest BCUT2D eigenvalue weighted by Gasteiger charge is -2.23. The fraction of sp³-hybridized carbons (Fsp3) is 0.588. The van der Waals surface area contributed by atoms with Crippen molar-refractivity contribution in [2.24, 2.45) is 11.3 Å². The second-order valence-corrected chi connectivity index (χ2v) is 8.81. The highest BCUT2D eigenvalue weighted by atomic mass is 79.9. The second kappa shape index (κ2) is 8.31. The fourth-order valence-corrected chi connectivity index (χ4v) is 4.18. The molecule has 0 saturated carbocycles. The van der Waals surface area contributed by atoms with Gasteiger partial charge in [-0.2, -0.15) is 0 Å². The number of carbonyl (C=O) groups is 1. The van der Waals surface area contributed by atoms with Crippen molar-refractivity contribution >= 4 is 30.0 Å². The van der Waals surface area contributed by atoms with Crippen LogP contribution in [-0.4, -0.2) is 25.9 Å². The molecule has 0 aliphatic carbocycles. The molecule has 0 spiro atoms. The van der Waals surface area contributed by atoms with Gasteiger partial charge in [-0.15, -0.1) is 0 Å². The zero-order chi connectivity index (χ0) is 16.9. The van der Waals surface area contributed by atoms with Crippen molar-refractivity contribution < 1.29 is 14.3 Å². The highest BCUT2D eigenvalue weighted by Crippen LogP contribution is 2.40. The van der Waals surface area contributed by atoms with Gasteiger partial charge in [0.15, 0.2) is 5.52 Å². The maximum atomic E-state index is 12.7. The van der Waals surface area contributed by atoms with Gasteiger partial charge in [0.05, 0.1) is 18.7 Å². The molecular weight excluding hydrogens is 363 g/mol. The zero-order valence-electron chi connectivity index (χ0n) is 14.2. The highest BCUT2D eigenvalue weighted by molar-refractivity contribution is 9.10. The molecule has 3 nitrogen and oxygen atoms in total. The van der Waals surface area contributed by atoms with Crippen LogP contribution in [-0.2, 0) is 0 Å². The molecule has 1 aromatic rings. The van der Waals surface area contributed by atoms with E-state index in [0.717, 1.165) is 17.1 Å². The molecule has 0 radical (unpaired) electrons. The summed E-state index contributed by atoms with van der Waals surface area (Å²) in [6.45, 7) is 8.90. The predicted molar refractivity (Wildman–Crippen MR) is 98.0 cm³/mol. The summed E-state index contributed by atoms with van der Waals surface area (Å²) in [6, 6.07) is 3.63. The van der Waals surface area contributed by atoms with Gasteiger partial charge in [-0.1, -0.05) is 27.7 Å². The Balaban J connectivity index is 2.87. The average molecular weight is 389 g/mol. The molecule has 2 atom stereocenters. The molecule has 0 N–H and O–H groups in total. The van der Waals surface area contributed by atoms with Gasteiger partial charge in [0, 0.05) is 0 Å². The van der Waals surface area contributed by atoms with Crippen molar-refractivity contribution in [3.8, 4) is 11.5 Å². The van der Waals surface area contributed by atoms with Gasteiger partial charge < -0.3 is 9.47 Å². The Morgan fingerprint density at radius 1 is 1.27 bits per heavy atom. The van der Waals surface area contributed by atoms with Crippen molar-refractivity contribution in [3.63, 3.8) is 0 Å². The molecule has 0 bridgehead atoms. The number of ether oxygens (including phenoxy) is 2. The van der Waals surface area contributed by atoms with Crippen LogP contribution in [0.2, 0.25) is 0 Å². The number of halogens is 1. The van der Waals surface area contributed by atoms with Crippen LogP contribution in [0, 0.1) is 11.3 Å². The Morgan fingerprint density at radius 3 is 2.41 bits per heavy atom. The summed E-state index contributed by atoms with van der Waals surface area (Å²) in [5, 5.41) is 0. The van der Waals surface area contributed by atoms with Gasteiger partial charge in [-0.25, -0.2) is 0 Å². The lowest BCUT2D eigenvalue weighted by Crippen LogP contribution is -2.13. The van der Waals surface area contributed by atoms with Crippen LogP contribution >= 0.6 is 24.5 Å². The van der Waals surface area contributed by atoms with E-state index in [2.05, 4.69) is 43.6 Å². The molecule has 5 heteroatoms. The molecular formula is C17H26BrO3P. The maximum absolute atomic E-state index is 12.7. The molecule has 0 amide bonds. The first-order valence-electron chi connectivity index (χ1n) is 7.38. The number of benzene rings is 1. The number of methoxy groups -OCH3 is 2. The summed E-state index contributed by atoms with van der Waals surface area (Å²) >= 11 is 3.43. The maximum Gasteiger partial charge on any atom is 0.188 e. The van der Waals surface area contributed by atoms with Gasteiger partial charge in [0.25, 0.3) is 0 Å². The molecule has 2 unspecified atom stereocenters. The quantitative estimate of drug-likeness (QED) is 0.589. The topological polar surface area (TPSA) is 35.5 Å². The van der Waals surface area contributed by atoms with E-state index >= 15 is 0 Å². The molecule has 0 aliphatic rings. The Labute approximate surface area is 144 Å². The molecule has 1 aromatic carbocycles. The van der Waals surface area contributed by atoms with Crippen LogP contribution < -0.4 is 9.47 Å². The Kier molecular flexibility index (Phi) is 7.34. The lowest BCUT2D eigenvalue weighted by atomic mass is 9.86. The van der Waals surface area contributed by atoms with Crippen molar-refractivity contribution in [2.75, 3.05) is 20.4 Å². The van der Waals surface area contributed by atoms with Crippen molar-refractivity contribution in [1.82, 2.24) is 0 Å². The lowest BCUT2D eigenvalue weighted by molar-refractivity contribution is 0.107. The third-order valence-electron chi connectivity index (χ3n) is 3.29. The first kappa shape index (κ1) is 19.4. The van der Waals surface area contributed by atoms with Crippen molar-refractivity contribution in [3.05, 3.63) is 22.2 Å². The van der Waals surface area contributed by atoms with E-state index in [0.29, 0.717) is 23.0 Å². The minimum atomic E-state index is 0.0933. The number of rotatable bonds is 7. The average Bonchev–Trinajstić information content (AvgIpc) is 2.42. The first-order valence-corrected chi connectivity index (χ1v) is 9.38. The van der Waals surface area contributed by atoms with Crippen LogP contribution in [0.5, 0.6) is 11.5 Å². The largest absolute Gasteiger partial charge is 0.496 e. The van der Waals surface area contributed by atoms with E-state index in [9.17, 15) is 4.79 Å². The standard InChI is InChI=1S/C17H26BrO3P/c1-11(9-17(2,3)4)10-22-16(19)14-13(20-5)8-7-12(18)15(14)21-6/h7-8,11,22H,9-10H2,1-6H3. The van der Waals surface area contributed by atoms with Crippen molar-refractivity contribution in [1.29, 1.82) is 0 Å². The Bertz CT molecular complexity index is 523. The fourth-order valence-electron chi connectivity index (χ4n) is 2.60. The summed E-state index contributed by atoms with van der Waals surface area (Å²) in [5.74, 6) is 1.65. The SMILES string of the molecule is COc1ccc(Br)c(OC)c1C(=O)PCC(C)CC(C)(C)C. The number of hydrogen-bond donors (Lipinski definition) is 0. The monoisotopic (exact) mass is 388 g/mol. The molecule has 0 heterocycles. The summed E-state index contributed by atoms with van der Waals surface area (Å²) in [7, 11) is 3.37. The van der Waals surface area contributed by atoms with Crippen LogP contribution in [0.25, 0.3) is 0 Å². The summed E-state index contributed by atoms with van der Waals surface area (Å²) < 4.78 is 11.5. The smallest absolute Gasteiger partial charge is 0.188 e.